The predicted molar refractivity (Wildman–Crippen MR) is 140 cm³/mol. The first-order valence-corrected chi connectivity index (χ1v) is 14.0. The van der Waals surface area contributed by atoms with Gasteiger partial charge in [-0.1, -0.05) is 96.3 Å². The van der Waals surface area contributed by atoms with Gasteiger partial charge in [0.25, 0.3) is 0 Å². The number of hydrogen-bond donors (Lipinski definition) is 0. The molecule has 6 rings (SSSR count). The summed E-state index contributed by atoms with van der Waals surface area (Å²) in [5.41, 5.74) is 3.16. The van der Waals surface area contributed by atoms with E-state index in [1.54, 1.807) is 35.7 Å². The van der Waals surface area contributed by atoms with Crippen LogP contribution < -0.4 is 34.5 Å². The fourth-order valence-corrected chi connectivity index (χ4v) is 6.92. The molecule has 0 unspecified atom stereocenters. The molecule has 0 fully saturated rings. The summed E-state index contributed by atoms with van der Waals surface area (Å²) in [5, 5.41) is 0. The van der Waals surface area contributed by atoms with Crippen molar-refractivity contribution >= 4 is 55.0 Å². The molecule has 0 saturated carbocycles. The molecule has 0 atom stereocenters. The molecule has 172 valence electrons. The van der Waals surface area contributed by atoms with Crippen molar-refractivity contribution in [1.82, 2.24) is 0 Å². The fourth-order valence-electron chi connectivity index (χ4n) is 3.99. The van der Waals surface area contributed by atoms with Gasteiger partial charge in [0.2, 0.25) is 0 Å². The molecule has 2 aliphatic rings. The summed E-state index contributed by atoms with van der Waals surface area (Å²) < 4.78 is 24.7. The van der Waals surface area contributed by atoms with Gasteiger partial charge in [-0.2, -0.15) is 0 Å². The zero-order valence-corrected chi connectivity index (χ0v) is 23.8. The van der Waals surface area contributed by atoms with Crippen LogP contribution in [0.15, 0.2) is 117 Å². The van der Waals surface area contributed by atoms with Crippen LogP contribution in [0.4, 0.5) is 0 Å². The van der Waals surface area contributed by atoms with Crippen molar-refractivity contribution in [3.8, 4) is 0 Å². The minimum absolute atomic E-state index is 0. The maximum Gasteiger partial charge on any atom is 1.00 e. The SMILES string of the molecule is O=P([O-])(OC1=Cc2ccccc2Sc2ccccc21)OC1=Cc2ccccc2Sc2ccccc21.[Na+]. The average molecular weight is 537 g/mol. The number of phosphoric ester groups is 1. The van der Waals surface area contributed by atoms with Crippen LogP contribution in [0.3, 0.4) is 0 Å². The van der Waals surface area contributed by atoms with Crippen molar-refractivity contribution in [3.63, 3.8) is 0 Å². The monoisotopic (exact) mass is 536 g/mol. The fraction of sp³-hybridized carbons (Fsp3) is 0. The van der Waals surface area contributed by atoms with Gasteiger partial charge < -0.3 is 13.9 Å². The van der Waals surface area contributed by atoms with Crippen LogP contribution in [0.5, 0.6) is 0 Å². The normalized spacial score (nSPS) is 13.7. The number of fused-ring (bicyclic) bond motifs is 4. The molecule has 0 radical (unpaired) electrons. The molecule has 0 bridgehead atoms. The summed E-state index contributed by atoms with van der Waals surface area (Å²) in [6.07, 6.45) is 3.51. The van der Waals surface area contributed by atoms with Gasteiger partial charge in [0.05, 0.1) is 0 Å². The van der Waals surface area contributed by atoms with Gasteiger partial charge in [-0.05, 0) is 47.5 Å². The number of phosphoric acid groups is 1. The molecule has 2 aliphatic heterocycles. The molecule has 0 N–H and O–H groups in total. The molecule has 0 amide bonds. The van der Waals surface area contributed by atoms with E-state index < -0.39 is 7.82 Å². The molecule has 8 heteroatoms. The van der Waals surface area contributed by atoms with E-state index in [-0.39, 0.29) is 41.1 Å². The maximum atomic E-state index is 13.3. The Morgan fingerprint density at radius 1 is 0.556 bits per heavy atom. The van der Waals surface area contributed by atoms with E-state index in [1.165, 1.54) is 0 Å². The molecular weight excluding hydrogens is 518 g/mol. The largest absolute Gasteiger partial charge is 1.00 e. The second-order valence-electron chi connectivity index (χ2n) is 7.92. The van der Waals surface area contributed by atoms with Crippen molar-refractivity contribution in [3.05, 3.63) is 119 Å². The van der Waals surface area contributed by atoms with E-state index in [4.69, 9.17) is 9.05 Å². The number of rotatable bonds is 4. The van der Waals surface area contributed by atoms with Crippen LogP contribution in [-0.2, 0) is 13.6 Å². The summed E-state index contributed by atoms with van der Waals surface area (Å²) in [5.74, 6) is 0.460. The van der Waals surface area contributed by atoms with Gasteiger partial charge in [0.1, 0.15) is 11.5 Å². The number of benzene rings is 4. The van der Waals surface area contributed by atoms with Crippen molar-refractivity contribution in [1.29, 1.82) is 0 Å². The third-order valence-electron chi connectivity index (χ3n) is 5.58. The van der Waals surface area contributed by atoms with Gasteiger partial charge in [-0.15, -0.1) is 0 Å². The van der Waals surface area contributed by atoms with Crippen LogP contribution in [0.2, 0.25) is 0 Å². The molecular formula is C28H18NaO4PS2. The second kappa shape index (κ2) is 10.7. The van der Waals surface area contributed by atoms with E-state index in [1.807, 2.05) is 97.1 Å². The predicted octanol–water partition coefficient (Wildman–Crippen LogP) is 4.82. The Hall–Kier alpha value is -2.15. The molecule has 0 saturated heterocycles. The van der Waals surface area contributed by atoms with E-state index in [9.17, 15) is 9.46 Å². The third kappa shape index (κ3) is 5.27. The molecule has 4 nitrogen and oxygen atoms in total. The topological polar surface area (TPSA) is 58.6 Å². The quantitative estimate of drug-likeness (QED) is 0.276. The van der Waals surface area contributed by atoms with Crippen LogP contribution >= 0.6 is 31.3 Å². The van der Waals surface area contributed by atoms with Gasteiger partial charge >= 0.3 is 37.4 Å². The average Bonchev–Trinajstić information content (AvgIpc) is 3.11. The Balaban J connectivity index is 0.00000267. The van der Waals surface area contributed by atoms with Crippen LogP contribution in [0.1, 0.15) is 22.3 Å². The van der Waals surface area contributed by atoms with E-state index in [0.29, 0.717) is 11.1 Å². The molecule has 2 heterocycles. The zero-order chi connectivity index (χ0) is 23.8. The Kier molecular flexibility index (Phi) is 7.57. The van der Waals surface area contributed by atoms with E-state index in [2.05, 4.69) is 0 Å². The smallest absolute Gasteiger partial charge is 0.736 e. The Morgan fingerprint density at radius 3 is 1.36 bits per heavy atom. The summed E-state index contributed by atoms with van der Waals surface area (Å²) in [6, 6.07) is 30.8. The van der Waals surface area contributed by atoms with E-state index >= 15 is 0 Å². The molecule has 4 aromatic rings. The molecule has 0 aromatic heterocycles. The molecule has 36 heavy (non-hydrogen) atoms. The number of hydrogen-bond acceptors (Lipinski definition) is 6. The van der Waals surface area contributed by atoms with Crippen LogP contribution in [0.25, 0.3) is 23.7 Å². The second-order valence-corrected chi connectivity index (χ2v) is 11.3. The van der Waals surface area contributed by atoms with E-state index in [0.717, 1.165) is 30.7 Å². The van der Waals surface area contributed by atoms with Crippen LogP contribution in [0, 0.1) is 0 Å². The Labute approximate surface area is 240 Å². The summed E-state index contributed by atoms with van der Waals surface area (Å²) in [6.45, 7) is 0. The maximum absolute atomic E-state index is 13.3. The summed E-state index contributed by atoms with van der Waals surface area (Å²) >= 11 is 3.15. The summed E-state index contributed by atoms with van der Waals surface area (Å²) in [7, 11) is -4.81. The van der Waals surface area contributed by atoms with Gasteiger partial charge in [0.15, 0.2) is 0 Å². The van der Waals surface area contributed by atoms with Gasteiger partial charge in [-0.3, -0.25) is 0 Å². The third-order valence-corrected chi connectivity index (χ3v) is 8.75. The molecule has 0 aliphatic carbocycles. The van der Waals surface area contributed by atoms with Crippen molar-refractivity contribution in [2.75, 3.05) is 0 Å². The molecule has 4 aromatic carbocycles. The van der Waals surface area contributed by atoms with Gasteiger partial charge in [0, 0.05) is 30.7 Å². The van der Waals surface area contributed by atoms with Crippen molar-refractivity contribution in [2.45, 2.75) is 19.6 Å². The Morgan fingerprint density at radius 2 is 0.917 bits per heavy atom. The van der Waals surface area contributed by atoms with Crippen LogP contribution in [-0.4, -0.2) is 0 Å². The van der Waals surface area contributed by atoms with Crippen molar-refractivity contribution in [2.24, 2.45) is 0 Å². The standard InChI is InChI=1S/C28H19O4PS2.Na/c29-33(30,31-23-17-19-9-1-5-13-25(19)34-27-15-7-3-11-21(23)27)32-24-18-20-10-2-6-14-26(20)35-28-16-8-4-12-22(24)28;/h1-18H,(H,29,30);/q;+1/p-1. The minimum atomic E-state index is -4.81. The first-order chi connectivity index (χ1) is 17.1. The summed E-state index contributed by atoms with van der Waals surface area (Å²) in [4.78, 5) is 17.2. The minimum Gasteiger partial charge on any atom is -0.736 e. The van der Waals surface area contributed by atoms with Crippen molar-refractivity contribution < 1.29 is 48.1 Å². The first kappa shape index (κ1) is 25.5. The van der Waals surface area contributed by atoms with Gasteiger partial charge in [-0.25, -0.2) is 4.57 Å². The first-order valence-electron chi connectivity index (χ1n) is 10.9. The Bertz CT molecular complexity index is 1450. The molecule has 0 spiro atoms. The zero-order valence-electron chi connectivity index (χ0n) is 19.3.